The molecule has 1 N–H and O–H groups in total. The first kappa shape index (κ1) is 15.8. The van der Waals surface area contributed by atoms with Gasteiger partial charge >= 0.3 is 0 Å². The average Bonchev–Trinajstić information content (AvgIpc) is 2.43. The zero-order valence-corrected chi connectivity index (χ0v) is 13.9. The molecule has 0 spiro atoms. The minimum absolute atomic E-state index is 0.297. The Kier molecular flexibility index (Phi) is 5.44. The summed E-state index contributed by atoms with van der Waals surface area (Å²) < 4.78 is 14.8. The van der Waals surface area contributed by atoms with E-state index in [0.29, 0.717) is 26.6 Å². The van der Waals surface area contributed by atoms with Crippen molar-refractivity contribution in [2.75, 3.05) is 6.54 Å². The van der Waals surface area contributed by atoms with Crippen molar-refractivity contribution >= 4 is 39.1 Å². The second kappa shape index (κ2) is 6.90. The lowest BCUT2D eigenvalue weighted by Crippen LogP contribution is -2.23. The summed E-state index contributed by atoms with van der Waals surface area (Å²) >= 11 is 15.5. The van der Waals surface area contributed by atoms with Gasteiger partial charge in [-0.25, -0.2) is 4.39 Å². The molecule has 20 heavy (non-hydrogen) atoms. The summed E-state index contributed by atoms with van der Waals surface area (Å²) in [5, 5.41) is 4.15. The molecule has 1 nitrogen and oxygen atoms in total. The highest BCUT2D eigenvalue weighted by Crippen LogP contribution is 2.35. The fourth-order valence-corrected chi connectivity index (χ4v) is 2.88. The van der Waals surface area contributed by atoms with Crippen molar-refractivity contribution in [2.24, 2.45) is 0 Å². The molecule has 5 heteroatoms. The topological polar surface area (TPSA) is 12.0 Å². The Morgan fingerprint density at radius 1 is 1.15 bits per heavy atom. The molecule has 0 saturated carbocycles. The maximum absolute atomic E-state index is 14.3. The van der Waals surface area contributed by atoms with Gasteiger partial charge in [-0.05, 0) is 40.2 Å². The Morgan fingerprint density at radius 2 is 1.80 bits per heavy atom. The minimum atomic E-state index is -0.344. The van der Waals surface area contributed by atoms with Crippen molar-refractivity contribution in [3.63, 3.8) is 0 Å². The van der Waals surface area contributed by atoms with E-state index in [2.05, 4.69) is 21.2 Å². The van der Waals surface area contributed by atoms with E-state index >= 15 is 0 Å². The summed E-state index contributed by atoms with van der Waals surface area (Å²) in [6.07, 6.45) is 0. The highest BCUT2D eigenvalue weighted by atomic mass is 79.9. The van der Waals surface area contributed by atoms with Gasteiger partial charge in [-0.2, -0.15) is 0 Å². The first-order chi connectivity index (χ1) is 9.56. The van der Waals surface area contributed by atoms with Gasteiger partial charge in [0, 0.05) is 5.56 Å². The molecule has 0 aliphatic rings. The molecule has 106 valence electrons. The van der Waals surface area contributed by atoms with Gasteiger partial charge < -0.3 is 5.32 Å². The Bertz CT molecular complexity index is 567. The van der Waals surface area contributed by atoms with Crippen LogP contribution < -0.4 is 5.32 Å². The maximum atomic E-state index is 14.3. The van der Waals surface area contributed by atoms with E-state index in [0.717, 1.165) is 5.56 Å². The second-order valence-corrected chi connectivity index (χ2v) is 5.92. The van der Waals surface area contributed by atoms with Crippen molar-refractivity contribution in [1.29, 1.82) is 0 Å². The van der Waals surface area contributed by atoms with Gasteiger partial charge in [0.2, 0.25) is 0 Å². The van der Waals surface area contributed by atoms with Gasteiger partial charge in [-0.1, -0.05) is 54.4 Å². The van der Waals surface area contributed by atoms with Crippen molar-refractivity contribution < 1.29 is 4.39 Å². The highest BCUT2D eigenvalue weighted by Gasteiger charge is 2.21. The molecule has 1 atom stereocenters. The number of benzene rings is 2. The van der Waals surface area contributed by atoms with E-state index in [-0.39, 0.29) is 11.9 Å². The maximum Gasteiger partial charge on any atom is 0.142 e. The fourth-order valence-electron chi connectivity index (χ4n) is 2.08. The molecule has 0 amide bonds. The summed E-state index contributed by atoms with van der Waals surface area (Å²) in [5.41, 5.74) is 1.29. The van der Waals surface area contributed by atoms with Crippen molar-refractivity contribution in [3.05, 3.63) is 67.9 Å². The number of halogens is 4. The Balaban J connectivity index is 2.56. The van der Waals surface area contributed by atoms with Crippen LogP contribution in [0.3, 0.4) is 0 Å². The second-order valence-electron chi connectivity index (χ2n) is 4.28. The van der Waals surface area contributed by atoms with E-state index < -0.39 is 0 Å². The van der Waals surface area contributed by atoms with Crippen molar-refractivity contribution in [1.82, 2.24) is 5.32 Å². The molecule has 0 radical (unpaired) electrons. The summed E-state index contributed by atoms with van der Waals surface area (Å²) in [6.45, 7) is 2.64. The van der Waals surface area contributed by atoms with E-state index in [9.17, 15) is 4.39 Å². The molecule has 1 unspecified atom stereocenters. The molecule has 0 saturated heterocycles. The summed E-state index contributed by atoms with van der Waals surface area (Å²) in [5.74, 6) is -0.297. The highest BCUT2D eigenvalue weighted by molar-refractivity contribution is 9.10. The molecule has 2 aromatic carbocycles. The lowest BCUT2D eigenvalue weighted by Gasteiger charge is -2.21. The quantitative estimate of drug-likeness (QED) is 0.732. The van der Waals surface area contributed by atoms with E-state index in [1.165, 1.54) is 0 Å². The van der Waals surface area contributed by atoms with Crippen molar-refractivity contribution in [2.45, 2.75) is 13.0 Å². The zero-order valence-electron chi connectivity index (χ0n) is 10.8. The first-order valence-electron chi connectivity index (χ1n) is 6.17. The molecule has 0 aliphatic carbocycles. The number of nitrogens with one attached hydrogen (secondary N) is 1. The van der Waals surface area contributed by atoms with Crippen LogP contribution in [0.1, 0.15) is 24.1 Å². The summed E-state index contributed by atoms with van der Waals surface area (Å²) in [7, 11) is 0. The largest absolute Gasteiger partial charge is 0.306 e. The van der Waals surface area contributed by atoms with Gasteiger partial charge in [0.15, 0.2) is 0 Å². The Hall–Kier alpha value is -0.610. The Morgan fingerprint density at radius 3 is 2.50 bits per heavy atom. The average molecular weight is 377 g/mol. The van der Waals surface area contributed by atoms with Crippen LogP contribution in [-0.4, -0.2) is 6.54 Å². The van der Waals surface area contributed by atoms with Gasteiger partial charge in [-0.3, -0.25) is 0 Å². The van der Waals surface area contributed by atoms with E-state index in [1.54, 1.807) is 24.3 Å². The van der Waals surface area contributed by atoms with Gasteiger partial charge in [0.25, 0.3) is 0 Å². The third kappa shape index (κ3) is 3.17. The predicted molar refractivity (Wildman–Crippen MR) is 86.1 cm³/mol. The monoisotopic (exact) mass is 375 g/mol. The molecule has 2 rings (SSSR count). The number of hydrogen-bond donors (Lipinski definition) is 1. The normalized spacial score (nSPS) is 12.4. The first-order valence-corrected chi connectivity index (χ1v) is 7.72. The van der Waals surface area contributed by atoms with Crippen LogP contribution >= 0.6 is 39.1 Å². The lowest BCUT2D eigenvalue weighted by atomic mass is 9.98. The fraction of sp³-hybridized carbons (Fsp3) is 0.200. The molecule has 0 bridgehead atoms. The van der Waals surface area contributed by atoms with Gasteiger partial charge in [0.1, 0.15) is 5.82 Å². The van der Waals surface area contributed by atoms with Crippen LogP contribution in [0, 0.1) is 5.82 Å². The van der Waals surface area contributed by atoms with Crippen molar-refractivity contribution in [3.8, 4) is 0 Å². The number of rotatable bonds is 4. The van der Waals surface area contributed by atoms with Crippen LogP contribution in [0.25, 0.3) is 0 Å². The summed E-state index contributed by atoms with van der Waals surface area (Å²) in [6, 6.07) is 10.2. The third-order valence-electron chi connectivity index (χ3n) is 2.99. The minimum Gasteiger partial charge on any atom is -0.306 e. The molecular formula is C15H13BrCl2FN. The van der Waals surface area contributed by atoms with Crippen LogP contribution in [0.4, 0.5) is 4.39 Å². The van der Waals surface area contributed by atoms with E-state index in [4.69, 9.17) is 23.2 Å². The van der Waals surface area contributed by atoms with Crippen LogP contribution in [0.15, 0.2) is 40.9 Å². The van der Waals surface area contributed by atoms with Gasteiger partial charge in [-0.15, -0.1) is 0 Å². The molecule has 2 aromatic rings. The summed E-state index contributed by atoms with van der Waals surface area (Å²) in [4.78, 5) is 0. The van der Waals surface area contributed by atoms with Gasteiger partial charge in [0.05, 0.1) is 20.6 Å². The SMILES string of the molecule is CCNC(c1cccc(Br)c1F)c1cccc(Cl)c1Cl. The Labute approximate surface area is 136 Å². The predicted octanol–water partition coefficient (Wildman–Crippen LogP) is 5.59. The van der Waals surface area contributed by atoms with Crippen LogP contribution in [0.5, 0.6) is 0 Å². The molecule has 0 aromatic heterocycles. The standard InChI is InChI=1S/C15H13BrCl2FN/c1-2-20-15(9-5-4-8-12(17)13(9)18)10-6-3-7-11(16)14(10)19/h3-8,15,20H,2H2,1H3. The molecular weight excluding hydrogens is 364 g/mol. The molecule has 0 heterocycles. The molecule has 0 fully saturated rings. The van der Waals surface area contributed by atoms with Crippen LogP contribution in [0.2, 0.25) is 10.0 Å². The van der Waals surface area contributed by atoms with E-state index in [1.807, 2.05) is 19.1 Å². The smallest absolute Gasteiger partial charge is 0.142 e. The number of hydrogen-bond acceptors (Lipinski definition) is 1. The molecule has 0 aliphatic heterocycles. The zero-order chi connectivity index (χ0) is 14.7. The third-order valence-corrected chi connectivity index (χ3v) is 4.44. The lowest BCUT2D eigenvalue weighted by molar-refractivity contribution is 0.555. The van der Waals surface area contributed by atoms with Crippen LogP contribution in [-0.2, 0) is 0 Å².